The quantitative estimate of drug-likeness (QED) is 0.166. The Morgan fingerprint density at radius 3 is 1.36 bits per heavy atom. The topological polar surface area (TPSA) is 64.7 Å². The highest BCUT2D eigenvalue weighted by atomic mass is 32.1. The number of aromatic amines is 1. The van der Waals surface area contributed by atoms with Gasteiger partial charge in [-0.3, -0.25) is 0 Å². The number of fused-ring (bicyclic) bond motifs is 5. The lowest BCUT2D eigenvalue weighted by molar-refractivity contribution is 0.171. The Morgan fingerprint density at radius 1 is 0.479 bits per heavy atom. The second-order valence-corrected chi connectivity index (χ2v) is 31.3. The molecule has 1 aliphatic carbocycles. The average molecular weight is 1340 g/mol. The third kappa shape index (κ3) is 20.8. The molecule has 94 heavy (non-hydrogen) atoms. The second kappa shape index (κ2) is 35.4. The summed E-state index contributed by atoms with van der Waals surface area (Å²) < 4.78 is 22.9. The van der Waals surface area contributed by atoms with E-state index in [-0.39, 0.29) is 5.41 Å². The zero-order chi connectivity index (χ0) is 69.1. The molecule has 6 heterocycles. The first-order valence-electron chi connectivity index (χ1n) is 32.9. The highest BCUT2D eigenvalue weighted by molar-refractivity contribution is 7.13. The van der Waals surface area contributed by atoms with Crippen molar-refractivity contribution >= 4 is 61.8 Å². The van der Waals surface area contributed by atoms with Gasteiger partial charge in [0.05, 0.1) is 13.7 Å². The van der Waals surface area contributed by atoms with Crippen LogP contribution >= 0.6 is 45.3 Å². The van der Waals surface area contributed by atoms with Gasteiger partial charge in [-0.05, 0) is 240 Å². The van der Waals surface area contributed by atoms with Crippen LogP contribution in [0.15, 0.2) is 140 Å². The van der Waals surface area contributed by atoms with Crippen molar-refractivity contribution in [3.63, 3.8) is 0 Å². The fourth-order valence-electron chi connectivity index (χ4n) is 11.0. The van der Waals surface area contributed by atoms with Crippen molar-refractivity contribution in [2.75, 3.05) is 39.3 Å². The van der Waals surface area contributed by atoms with E-state index in [9.17, 15) is 0 Å². The van der Waals surface area contributed by atoms with Gasteiger partial charge in [0, 0.05) is 74.1 Å². The van der Waals surface area contributed by atoms with E-state index < -0.39 is 0 Å². The normalized spacial score (nSPS) is 12.0. The van der Waals surface area contributed by atoms with Gasteiger partial charge in [-0.25, -0.2) is 0 Å². The maximum Gasteiger partial charge on any atom is 0.175 e. The number of hydrogen-bond acceptors (Lipinski definition) is 9. The first kappa shape index (κ1) is 75.7. The van der Waals surface area contributed by atoms with Gasteiger partial charge in [-0.15, -0.1) is 45.3 Å². The number of ether oxygens (including phenoxy) is 4. The molecular weight excluding hydrogens is 1230 g/mol. The SMILES string of the molecule is CCC(C)COc1cc(-c2ccc3c(c2)C(C)(C)c2cc(C)ccc2-3)c(OC)cc1C.CNc1ccc(C)cc1.Cc1cc(C)c(C)s1.Cc1ccc(C)[nH]1.Cc1ccc(C)cc1.Cc1sc(C)c(C)c1C.Cc1sc(C)c2c1OCCO2.Cc1sc(C)c2ccccc12. The number of thiophene rings is 4. The van der Waals surface area contributed by atoms with E-state index in [1.54, 1.807) is 18.4 Å². The summed E-state index contributed by atoms with van der Waals surface area (Å²) >= 11 is 7.38. The molecular formula is C84H106N2O4S4. The van der Waals surface area contributed by atoms with Gasteiger partial charge in [0.1, 0.15) is 24.7 Å². The first-order chi connectivity index (χ1) is 44.6. The van der Waals surface area contributed by atoms with Crippen molar-refractivity contribution in [1.29, 1.82) is 0 Å². The van der Waals surface area contributed by atoms with Crippen molar-refractivity contribution in [2.24, 2.45) is 5.92 Å². The lowest BCUT2D eigenvalue weighted by Gasteiger charge is -2.23. The first-order valence-corrected chi connectivity index (χ1v) is 36.2. The second-order valence-electron chi connectivity index (χ2n) is 25.6. The Labute approximate surface area is 581 Å². The number of H-pyrrole nitrogens is 1. The van der Waals surface area contributed by atoms with Gasteiger partial charge in [-0.1, -0.05) is 147 Å². The Morgan fingerprint density at radius 2 is 0.947 bits per heavy atom. The molecule has 2 aliphatic rings. The molecule has 0 radical (unpaired) electrons. The fourth-order valence-corrected chi connectivity index (χ4v) is 14.9. The van der Waals surface area contributed by atoms with E-state index in [2.05, 4.69) is 288 Å². The number of benzene rings is 6. The highest BCUT2D eigenvalue weighted by Crippen LogP contribution is 2.51. The standard InChI is InChI=1S/C29H34O2.C10H10S.C8H11N.C8H10O2S.C8H12S.C8H10.C7H10S.C6H9N/c1-8-18(2)17-31-27-16-24(28(30-7)14-20(27)4)21-10-12-23-22-11-9-19(3)13-25(22)29(5,6)26(23)15-21;1-7-9-5-3-4-6-10(9)8(2)11-7;1-7-3-5-8(9-2)6-4-7;1-5-7-8(6(2)11-5)10-4-3-9-7;1-5-6(2)8(4)9-7(5)3;1-7-3-5-8(2)6-4-7;1-5-4-6(2)8-7(5)3;1-5-3-4-6(2)7-5/h9-16,18H,8,17H2,1-7H3;3-6H,1-2H3;3-6,9H,1-2H3;3-4H2,1-2H3;1-4H3;3-6H,1-2H3;4H,1-3H3;3-4,7H,1-2H3. The van der Waals surface area contributed by atoms with Gasteiger partial charge < -0.3 is 29.2 Å². The summed E-state index contributed by atoms with van der Waals surface area (Å²) in [7, 11) is 3.67. The summed E-state index contributed by atoms with van der Waals surface area (Å²) in [5, 5.41) is 5.88. The summed E-state index contributed by atoms with van der Waals surface area (Å²) in [6, 6.07) is 49.6. The van der Waals surface area contributed by atoms with Crippen LogP contribution in [-0.4, -0.2) is 39.0 Å². The van der Waals surface area contributed by atoms with Crippen LogP contribution in [0.4, 0.5) is 5.69 Å². The zero-order valence-corrected chi connectivity index (χ0v) is 64.2. The van der Waals surface area contributed by atoms with E-state index in [1.807, 2.05) is 54.9 Å². The van der Waals surface area contributed by atoms with Crippen LogP contribution in [0.1, 0.15) is 140 Å². The molecule has 0 bridgehead atoms. The number of aromatic nitrogens is 1. The molecule has 1 unspecified atom stereocenters. The molecule has 11 aromatic rings. The predicted octanol–water partition coefficient (Wildman–Crippen LogP) is 25.0. The molecule has 0 saturated carbocycles. The van der Waals surface area contributed by atoms with Crippen LogP contribution in [-0.2, 0) is 5.41 Å². The van der Waals surface area contributed by atoms with E-state index in [4.69, 9.17) is 18.9 Å². The Bertz CT molecular complexity index is 4040. The minimum absolute atomic E-state index is 0.0273. The number of anilines is 1. The van der Waals surface area contributed by atoms with Crippen LogP contribution in [0, 0.1) is 131 Å². The minimum atomic E-state index is -0.0273. The van der Waals surface area contributed by atoms with Crippen molar-refractivity contribution in [3.8, 4) is 45.3 Å². The van der Waals surface area contributed by atoms with E-state index in [0.29, 0.717) is 19.1 Å². The molecule has 1 atom stereocenters. The van der Waals surface area contributed by atoms with Crippen LogP contribution in [0.25, 0.3) is 33.0 Å². The number of aryl methyl sites for hydroxylation is 16. The molecule has 6 aromatic carbocycles. The lowest BCUT2D eigenvalue weighted by Crippen LogP contribution is -2.15. The lowest BCUT2D eigenvalue weighted by atomic mass is 9.81. The average Bonchev–Trinajstić information content (AvgIpc) is 1.58. The fraction of sp³-hybridized carbons (Fsp3) is 0.357. The van der Waals surface area contributed by atoms with Crippen LogP contribution in [0.5, 0.6) is 23.0 Å². The third-order valence-electron chi connectivity index (χ3n) is 17.3. The molecule has 10 heteroatoms. The highest BCUT2D eigenvalue weighted by Gasteiger charge is 2.36. The van der Waals surface area contributed by atoms with Gasteiger partial charge in [-0.2, -0.15) is 0 Å². The van der Waals surface area contributed by atoms with Gasteiger partial charge >= 0.3 is 0 Å². The van der Waals surface area contributed by atoms with Crippen molar-refractivity contribution in [2.45, 2.75) is 164 Å². The summed E-state index contributed by atoms with van der Waals surface area (Å²) in [5.41, 5.74) is 22.1. The van der Waals surface area contributed by atoms with Crippen molar-refractivity contribution in [3.05, 3.63) is 246 Å². The van der Waals surface area contributed by atoms with Crippen LogP contribution in [0.2, 0.25) is 0 Å². The molecule has 1 aliphatic heterocycles. The monoisotopic (exact) mass is 1330 g/mol. The van der Waals surface area contributed by atoms with E-state index in [1.165, 1.54) is 134 Å². The molecule has 5 aromatic heterocycles. The van der Waals surface area contributed by atoms with Gasteiger partial charge in [0.2, 0.25) is 0 Å². The van der Waals surface area contributed by atoms with Crippen LogP contribution < -0.4 is 24.3 Å². The Hall–Kier alpha value is -7.34. The summed E-state index contributed by atoms with van der Waals surface area (Å²) in [6.07, 6.45) is 1.11. The third-order valence-corrected chi connectivity index (χ3v) is 21.7. The summed E-state index contributed by atoms with van der Waals surface area (Å²) in [4.78, 5) is 14.2. The van der Waals surface area contributed by atoms with Crippen molar-refractivity contribution < 1.29 is 18.9 Å². The molecule has 0 fully saturated rings. The zero-order valence-electron chi connectivity index (χ0n) is 61.0. The smallest absolute Gasteiger partial charge is 0.175 e. The molecule has 2 N–H and O–H groups in total. The molecule has 0 spiro atoms. The van der Waals surface area contributed by atoms with Crippen molar-refractivity contribution in [1.82, 2.24) is 4.98 Å². The van der Waals surface area contributed by atoms with Crippen LogP contribution in [0.3, 0.4) is 0 Å². The minimum Gasteiger partial charge on any atom is -0.496 e. The molecule has 500 valence electrons. The van der Waals surface area contributed by atoms with E-state index in [0.717, 1.165) is 47.2 Å². The Balaban J connectivity index is 0.000000185. The maximum atomic E-state index is 6.19. The number of rotatable bonds is 7. The number of hydrogen-bond donors (Lipinski definition) is 2. The molecule has 0 saturated heterocycles. The number of methoxy groups -OCH3 is 1. The maximum absolute atomic E-state index is 6.19. The Kier molecular flexibility index (Phi) is 28.5. The van der Waals surface area contributed by atoms with Gasteiger partial charge in [0.15, 0.2) is 11.5 Å². The molecule has 0 amide bonds. The number of nitrogens with one attached hydrogen (secondary N) is 2. The summed E-state index contributed by atoms with van der Waals surface area (Å²) in [5.74, 6) is 4.28. The largest absolute Gasteiger partial charge is 0.496 e. The molecule has 13 rings (SSSR count). The predicted molar refractivity (Wildman–Crippen MR) is 415 cm³/mol. The van der Waals surface area contributed by atoms with Gasteiger partial charge in [0.25, 0.3) is 0 Å². The van der Waals surface area contributed by atoms with E-state index >= 15 is 0 Å². The summed E-state index contributed by atoms with van der Waals surface area (Å²) in [6.45, 7) is 49.5. The molecule has 6 nitrogen and oxygen atoms in total.